The summed E-state index contributed by atoms with van der Waals surface area (Å²) in [6.07, 6.45) is 4.69. The molecule has 0 radical (unpaired) electrons. The molecule has 0 saturated carbocycles. The summed E-state index contributed by atoms with van der Waals surface area (Å²) in [5.41, 5.74) is 6.33. The molecule has 3 saturated heterocycles. The number of anilines is 2. The molecule has 3 aliphatic rings. The lowest BCUT2D eigenvalue weighted by molar-refractivity contribution is -0.129. The van der Waals surface area contributed by atoms with Gasteiger partial charge in [-0.2, -0.15) is 9.97 Å². The number of amides is 1. The molecule has 7 rings (SSSR count). The molecule has 15 heteroatoms. The summed E-state index contributed by atoms with van der Waals surface area (Å²) in [6, 6.07) is 4.61. The predicted octanol–water partition coefficient (Wildman–Crippen LogP) is 5.86. The molecule has 3 unspecified atom stereocenters. The Morgan fingerprint density at radius 3 is 2.71 bits per heavy atom. The van der Waals surface area contributed by atoms with E-state index >= 15 is 4.39 Å². The number of benzene rings is 2. The van der Waals surface area contributed by atoms with Crippen molar-refractivity contribution in [2.24, 2.45) is 0 Å². The fraction of sp³-hybridized carbons (Fsp3) is 0.455. The van der Waals surface area contributed by atoms with Crippen LogP contribution in [-0.4, -0.2) is 102 Å². The topological polar surface area (TPSA) is 110 Å². The summed E-state index contributed by atoms with van der Waals surface area (Å²) in [4.78, 5) is 31.5. The summed E-state index contributed by atoms with van der Waals surface area (Å²) in [5, 5.41) is 0.593. The van der Waals surface area contributed by atoms with E-state index < -0.39 is 17.8 Å². The van der Waals surface area contributed by atoms with Crippen LogP contribution in [0.15, 0.2) is 30.9 Å². The number of nitrogen functional groups attached to an aromatic ring is 1. The molecule has 5 heterocycles. The molecule has 3 fully saturated rings. The van der Waals surface area contributed by atoms with Crippen molar-refractivity contribution in [1.29, 1.82) is 0 Å². The van der Waals surface area contributed by atoms with Crippen LogP contribution in [-0.2, 0) is 9.53 Å². The number of rotatable bonds is 7. The first kappa shape index (κ1) is 34.2. The Balaban J connectivity index is 0.000000381. The third kappa shape index (κ3) is 6.63. The van der Waals surface area contributed by atoms with E-state index in [0.29, 0.717) is 62.0 Å². The molecule has 0 bridgehead atoms. The van der Waals surface area contributed by atoms with Crippen LogP contribution in [0, 0.1) is 11.6 Å². The molecule has 0 aliphatic carbocycles. The van der Waals surface area contributed by atoms with Crippen LogP contribution in [0.4, 0.5) is 24.1 Å². The van der Waals surface area contributed by atoms with Crippen molar-refractivity contribution >= 4 is 60.9 Å². The van der Waals surface area contributed by atoms with E-state index in [0.717, 1.165) is 24.3 Å². The van der Waals surface area contributed by atoms with E-state index in [1.165, 1.54) is 38.2 Å². The van der Waals surface area contributed by atoms with Crippen LogP contribution in [0.25, 0.3) is 32.2 Å². The summed E-state index contributed by atoms with van der Waals surface area (Å²) in [6.45, 7) is 7.16. The number of alkyl halides is 1. The Morgan fingerprint density at radius 1 is 1.17 bits per heavy atom. The molecule has 4 aromatic rings. The van der Waals surface area contributed by atoms with Crippen molar-refractivity contribution in [2.45, 2.75) is 43.9 Å². The van der Waals surface area contributed by atoms with Crippen LogP contribution < -0.4 is 15.4 Å². The van der Waals surface area contributed by atoms with E-state index in [2.05, 4.69) is 26.4 Å². The lowest BCUT2D eigenvalue weighted by Gasteiger charge is -2.42. The van der Waals surface area contributed by atoms with Gasteiger partial charge in [0.1, 0.15) is 23.3 Å². The van der Waals surface area contributed by atoms with Crippen LogP contribution in [0.2, 0.25) is 5.02 Å². The number of carbonyl (C=O) groups is 1. The molecular formula is C33H37ClF3N7O3S. The maximum absolute atomic E-state index is 16.3. The van der Waals surface area contributed by atoms with E-state index in [1.807, 2.05) is 4.90 Å². The van der Waals surface area contributed by atoms with Gasteiger partial charge in [0.2, 0.25) is 5.91 Å². The molecule has 10 nitrogen and oxygen atoms in total. The number of aromatic nitrogens is 3. The van der Waals surface area contributed by atoms with Gasteiger partial charge in [0.05, 0.1) is 28.4 Å². The van der Waals surface area contributed by atoms with Crippen molar-refractivity contribution in [1.82, 2.24) is 24.8 Å². The van der Waals surface area contributed by atoms with Crippen LogP contribution in [0.3, 0.4) is 0 Å². The number of methoxy groups -OCH3 is 2. The van der Waals surface area contributed by atoms with Gasteiger partial charge in [-0.15, -0.1) is 0 Å². The standard InChI is InChI=1S/C26H25ClF2N6O3S.C7H12FN/c1-4-18(36)35-9-8-34(12-13(35)7-10-37-2)24-15-11-16(27)19(20(29)21(15)32-26(33-24)38-3)14-5-6-17(28)23-22(14)31-25(30)39-23;8-6-4-7-2-1-3-9(7)5-6/h4-6,11,13H,1,7-10,12H2,2-3H3,(H2,30,31);6-7H,1-5H2. The van der Waals surface area contributed by atoms with Gasteiger partial charge in [0.25, 0.3) is 0 Å². The number of ether oxygens (including phenoxy) is 2. The first-order valence-corrected chi connectivity index (χ1v) is 17.0. The number of halogens is 4. The number of hydrogen-bond donors (Lipinski definition) is 1. The first-order chi connectivity index (χ1) is 23.1. The molecule has 3 atom stereocenters. The second-order valence-corrected chi connectivity index (χ2v) is 13.5. The lowest BCUT2D eigenvalue weighted by Crippen LogP contribution is -2.55. The van der Waals surface area contributed by atoms with Crippen LogP contribution in [0.5, 0.6) is 6.01 Å². The smallest absolute Gasteiger partial charge is 0.318 e. The van der Waals surface area contributed by atoms with E-state index in [-0.39, 0.29) is 49.4 Å². The number of thiazole rings is 1. The molecular weight excluding hydrogens is 667 g/mol. The third-order valence-electron chi connectivity index (χ3n) is 9.16. The van der Waals surface area contributed by atoms with Gasteiger partial charge >= 0.3 is 6.01 Å². The van der Waals surface area contributed by atoms with Gasteiger partial charge in [-0.3, -0.25) is 9.69 Å². The lowest BCUT2D eigenvalue weighted by atomic mass is 10.0. The molecule has 3 aliphatic heterocycles. The number of carbonyl (C=O) groups excluding carboxylic acids is 1. The monoisotopic (exact) mass is 703 g/mol. The number of nitrogens with two attached hydrogens (primary N) is 1. The normalized spacial score (nSPS) is 21.0. The van der Waals surface area contributed by atoms with Crippen molar-refractivity contribution < 1.29 is 27.4 Å². The zero-order valence-electron chi connectivity index (χ0n) is 26.7. The fourth-order valence-electron chi connectivity index (χ4n) is 6.92. The molecule has 1 amide bonds. The van der Waals surface area contributed by atoms with Gasteiger partial charge in [-0.05, 0) is 56.5 Å². The molecule has 2 aromatic carbocycles. The summed E-state index contributed by atoms with van der Waals surface area (Å²) in [7, 11) is 2.99. The highest BCUT2D eigenvalue weighted by Crippen LogP contribution is 2.43. The fourth-order valence-corrected chi connectivity index (χ4v) is 7.97. The average Bonchev–Trinajstić information content (AvgIpc) is 3.79. The second-order valence-electron chi connectivity index (χ2n) is 12.0. The first-order valence-electron chi connectivity index (χ1n) is 15.8. The van der Waals surface area contributed by atoms with Gasteiger partial charge < -0.3 is 25.0 Å². The van der Waals surface area contributed by atoms with Gasteiger partial charge in [-0.1, -0.05) is 29.5 Å². The minimum absolute atomic E-state index is 0.0186. The minimum Gasteiger partial charge on any atom is -0.467 e. The third-order valence-corrected chi connectivity index (χ3v) is 10.4. The van der Waals surface area contributed by atoms with E-state index in [1.54, 1.807) is 18.1 Å². The van der Waals surface area contributed by atoms with Crippen LogP contribution in [0.1, 0.15) is 25.7 Å². The number of fused-ring (bicyclic) bond motifs is 3. The number of nitrogens with zero attached hydrogens (tertiary/aromatic N) is 6. The van der Waals surface area contributed by atoms with Crippen LogP contribution >= 0.6 is 22.9 Å². The summed E-state index contributed by atoms with van der Waals surface area (Å²) in [5.74, 6) is -0.994. The highest BCUT2D eigenvalue weighted by atomic mass is 35.5. The van der Waals surface area contributed by atoms with Gasteiger partial charge in [-0.25, -0.2) is 18.2 Å². The summed E-state index contributed by atoms with van der Waals surface area (Å²) >= 11 is 7.65. The predicted molar refractivity (Wildman–Crippen MR) is 183 cm³/mol. The Hall–Kier alpha value is -3.72. The Bertz CT molecular complexity index is 1830. The Morgan fingerprint density at radius 2 is 1.98 bits per heavy atom. The van der Waals surface area contributed by atoms with Crippen molar-refractivity contribution in [2.75, 3.05) is 64.2 Å². The van der Waals surface area contributed by atoms with Crippen molar-refractivity contribution in [3.05, 3.63) is 47.5 Å². The van der Waals surface area contributed by atoms with Gasteiger partial charge in [0, 0.05) is 62.5 Å². The molecule has 0 spiro atoms. The Kier molecular flexibility index (Phi) is 10.3. The zero-order valence-corrected chi connectivity index (χ0v) is 28.3. The average molecular weight is 704 g/mol. The van der Waals surface area contributed by atoms with Crippen molar-refractivity contribution in [3.8, 4) is 17.1 Å². The number of piperazine rings is 1. The van der Waals surface area contributed by atoms with Gasteiger partial charge in [0.15, 0.2) is 10.9 Å². The maximum atomic E-state index is 16.3. The van der Waals surface area contributed by atoms with Crippen molar-refractivity contribution in [3.63, 3.8) is 0 Å². The zero-order chi connectivity index (χ0) is 34.1. The number of hydrogen-bond acceptors (Lipinski definition) is 10. The Labute approximate surface area is 285 Å². The second kappa shape index (κ2) is 14.4. The van der Waals surface area contributed by atoms with E-state index in [9.17, 15) is 13.6 Å². The quantitative estimate of drug-likeness (QED) is 0.237. The molecule has 48 heavy (non-hydrogen) atoms. The highest BCUT2D eigenvalue weighted by Gasteiger charge is 2.35. The van der Waals surface area contributed by atoms with E-state index in [4.69, 9.17) is 26.8 Å². The largest absolute Gasteiger partial charge is 0.467 e. The maximum Gasteiger partial charge on any atom is 0.318 e. The molecule has 256 valence electrons. The summed E-state index contributed by atoms with van der Waals surface area (Å²) < 4.78 is 54.1. The molecule has 2 N–H and O–H groups in total. The minimum atomic E-state index is -0.727. The highest BCUT2D eigenvalue weighted by molar-refractivity contribution is 7.22. The molecule has 2 aromatic heterocycles. The SMILES string of the molecule is C=CC(=O)N1CCN(c2nc(OC)nc3c(F)c(-c4ccc(F)c5sc(N)nc45)c(Cl)cc23)CC1CCOC.FC1CC2CCCN2C1.